The predicted octanol–water partition coefficient (Wildman–Crippen LogP) is 2.18. The highest BCUT2D eigenvalue weighted by molar-refractivity contribution is 5.61. The van der Waals surface area contributed by atoms with Crippen molar-refractivity contribution in [3.05, 3.63) is 17.8 Å². The molecule has 1 atom stereocenters. The molecule has 1 aromatic heterocycles. The zero-order chi connectivity index (χ0) is 12.8. The molecule has 1 rings (SSSR count). The van der Waals surface area contributed by atoms with Crippen LogP contribution in [-0.2, 0) is 0 Å². The fraction of sp³-hybridized carbons (Fsp3) is 0.615. The maximum Gasteiger partial charge on any atom is 0.149 e. The van der Waals surface area contributed by atoms with Crippen LogP contribution in [0, 0.1) is 12.8 Å². The van der Waals surface area contributed by atoms with Crippen LogP contribution in [0.1, 0.15) is 32.4 Å². The molecule has 1 aromatic rings. The average Bonchev–Trinajstić information content (AvgIpc) is 2.32. The van der Waals surface area contributed by atoms with E-state index in [1.165, 1.54) is 0 Å². The summed E-state index contributed by atoms with van der Waals surface area (Å²) in [5, 5.41) is 13.1. The van der Waals surface area contributed by atoms with Gasteiger partial charge in [-0.15, -0.1) is 0 Å². The summed E-state index contributed by atoms with van der Waals surface area (Å²) in [7, 11) is 0. The standard InChI is InChI=1S/C13H23N3O/c1-4-10(5-2)12(17)8-15-13-11(14)7-6-9(3)16-13/h6-7,10,12,17H,4-5,8,14H2,1-3H3,(H,15,16). The van der Waals surface area contributed by atoms with Gasteiger partial charge in [0, 0.05) is 12.2 Å². The van der Waals surface area contributed by atoms with Gasteiger partial charge in [-0.3, -0.25) is 0 Å². The Hall–Kier alpha value is -1.29. The van der Waals surface area contributed by atoms with Crippen molar-refractivity contribution in [2.45, 2.75) is 39.7 Å². The molecular weight excluding hydrogens is 214 g/mol. The average molecular weight is 237 g/mol. The van der Waals surface area contributed by atoms with E-state index in [0.717, 1.165) is 18.5 Å². The number of rotatable bonds is 6. The Balaban J connectivity index is 2.57. The van der Waals surface area contributed by atoms with Crippen molar-refractivity contribution in [3.63, 3.8) is 0 Å². The summed E-state index contributed by atoms with van der Waals surface area (Å²) in [4.78, 5) is 4.31. The monoisotopic (exact) mass is 237 g/mol. The van der Waals surface area contributed by atoms with Gasteiger partial charge in [0.05, 0.1) is 11.8 Å². The van der Waals surface area contributed by atoms with Crippen molar-refractivity contribution < 1.29 is 5.11 Å². The highest BCUT2D eigenvalue weighted by atomic mass is 16.3. The molecule has 0 saturated heterocycles. The van der Waals surface area contributed by atoms with E-state index in [-0.39, 0.29) is 6.10 Å². The lowest BCUT2D eigenvalue weighted by molar-refractivity contribution is 0.114. The Labute approximate surface area is 103 Å². The number of nitrogens with two attached hydrogens (primary N) is 1. The summed E-state index contributed by atoms with van der Waals surface area (Å²) in [6.07, 6.45) is 1.61. The molecule has 0 saturated carbocycles. The number of nitrogen functional groups attached to an aromatic ring is 1. The lowest BCUT2D eigenvalue weighted by atomic mass is 9.96. The molecule has 4 heteroatoms. The molecule has 0 spiro atoms. The number of aromatic nitrogens is 1. The quantitative estimate of drug-likeness (QED) is 0.709. The van der Waals surface area contributed by atoms with Crippen LogP contribution in [0.2, 0.25) is 0 Å². The Kier molecular flexibility index (Phi) is 5.22. The fourth-order valence-corrected chi connectivity index (χ4v) is 1.91. The summed E-state index contributed by atoms with van der Waals surface area (Å²) in [5.41, 5.74) is 7.34. The van der Waals surface area contributed by atoms with Crippen LogP contribution < -0.4 is 11.1 Å². The van der Waals surface area contributed by atoms with Gasteiger partial charge in [0.15, 0.2) is 0 Å². The number of pyridine rings is 1. The molecule has 0 amide bonds. The van der Waals surface area contributed by atoms with Gasteiger partial charge in [-0.2, -0.15) is 0 Å². The Morgan fingerprint density at radius 2 is 2.00 bits per heavy atom. The molecule has 0 aliphatic heterocycles. The number of nitrogens with one attached hydrogen (secondary N) is 1. The number of hydrogen-bond donors (Lipinski definition) is 3. The van der Waals surface area contributed by atoms with Crippen LogP contribution in [0.25, 0.3) is 0 Å². The second kappa shape index (κ2) is 6.45. The number of anilines is 2. The number of aliphatic hydroxyl groups excluding tert-OH is 1. The predicted molar refractivity (Wildman–Crippen MR) is 72.0 cm³/mol. The second-order valence-electron chi connectivity index (χ2n) is 4.42. The summed E-state index contributed by atoms with van der Waals surface area (Å²) in [5.74, 6) is 0.989. The Morgan fingerprint density at radius 3 is 2.59 bits per heavy atom. The summed E-state index contributed by atoms with van der Waals surface area (Å²) < 4.78 is 0. The zero-order valence-corrected chi connectivity index (χ0v) is 10.9. The smallest absolute Gasteiger partial charge is 0.149 e. The van der Waals surface area contributed by atoms with Crippen molar-refractivity contribution in [2.75, 3.05) is 17.6 Å². The first-order valence-corrected chi connectivity index (χ1v) is 6.23. The van der Waals surface area contributed by atoms with Gasteiger partial charge >= 0.3 is 0 Å². The van der Waals surface area contributed by atoms with E-state index in [2.05, 4.69) is 24.1 Å². The molecule has 0 aliphatic carbocycles. The first-order chi connectivity index (χ1) is 8.08. The normalized spacial score (nSPS) is 12.8. The third-order valence-electron chi connectivity index (χ3n) is 3.14. The van der Waals surface area contributed by atoms with Crippen molar-refractivity contribution in [1.82, 2.24) is 4.98 Å². The minimum absolute atomic E-state index is 0.327. The third kappa shape index (κ3) is 3.89. The van der Waals surface area contributed by atoms with Gasteiger partial charge in [-0.1, -0.05) is 26.7 Å². The Morgan fingerprint density at radius 1 is 1.35 bits per heavy atom. The van der Waals surface area contributed by atoms with Gasteiger partial charge in [0.25, 0.3) is 0 Å². The fourth-order valence-electron chi connectivity index (χ4n) is 1.91. The van der Waals surface area contributed by atoms with Crippen molar-refractivity contribution in [1.29, 1.82) is 0 Å². The lowest BCUT2D eigenvalue weighted by Crippen LogP contribution is -2.28. The van der Waals surface area contributed by atoms with E-state index in [4.69, 9.17) is 5.73 Å². The van der Waals surface area contributed by atoms with Crippen molar-refractivity contribution in [3.8, 4) is 0 Å². The number of aryl methyl sites for hydroxylation is 1. The highest BCUT2D eigenvalue weighted by Gasteiger charge is 2.15. The van der Waals surface area contributed by atoms with E-state index >= 15 is 0 Å². The van der Waals surface area contributed by atoms with Crippen molar-refractivity contribution >= 4 is 11.5 Å². The van der Waals surface area contributed by atoms with Gasteiger partial charge < -0.3 is 16.2 Å². The van der Waals surface area contributed by atoms with Crippen LogP contribution in [-0.4, -0.2) is 22.7 Å². The van der Waals surface area contributed by atoms with E-state index in [1.807, 2.05) is 19.1 Å². The largest absolute Gasteiger partial charge is 0.396 e. The van der Waals surface area contributed by atoms with Crippen LogP contribution in [0.3, 0.4) is 0 Å². The molecule has 0 fully saturated rings. The van der Waals surface area contributed by atoms with Gasteiger partial charge in [0.2, 0.25) is 0 Å². The number of nitrogens with zero attached hydrogens (tertiary/aromatic N) is 1. The maximum atomic E-state index is 10.00. The van der Waals surface area contributed by atoms with E-state index in [9.17, 15) is 5.11 Å². The maximum absolute atomic E-state index is 10.00. The number of hydrogen-bond acceptors (Lipinski definition) is 4. The molecular formula is C13H23N3O. The SMILES string of the molecule is CCC(CC)C(O)CNc1nc(C)ccc1N. The number of aliphatic hydroxyl groups is 1. The molecule has 96 valence electrons. The molecule has 1 unspecified atom stereocenters. The van der Waals surface area contributed by atoms with Crippen LogP contribution in [0.4, 0.5) is 11.5 Å². The summed E-state index contributed by atoms with van der Waals surface area (Å²) in [6, 6.07) is 3.70. The highest BCUT2D eigenvalue weighted by Crippen LogP contribution is 2.17. The molecule has 1 heterocycles. The van der Waals surface area contributed by atoms with Gasteiger partial charge in [-0.25, -0.2) is 4.98 Å². The first kappa shape index (κ1) is 13.8. The first-order valence-electron chi connectivity index (χ1n) is 6.23. The van der Waals surface area contributed by atoms with Gasteiger partial charge in [0.1, 0.15) is 5.82 Å². The molecule has 0 aliphatic rings. The van der Waals surface area contributed by atoms with E-state index < -0.39 is 0 Å². The van der Waals surface area contributed by atoms with E-state index in [0.29, 0.717) is 24.0 Å². The van der Waals surface area contributed by atoms with Crippen LogP contribution in [0.5, 0.6) is 0 Å². The van der Waals surface area contributed by atoms with Gasteiger partial charge in [-0.05, 0) is 25.0 Å². The third-order valence-corrected chi connectivity index (χ3v) is 3.14. The minimum Gasteiger partial charge on any atom is -0.396 e. The molecule has 0 aromatic carbocycles. The van der Waals surface area contributed by atoms with Crippen molar-refractivity contribution in [2.24, 2.45) is 5.92 Å². The lowest BCUT2D eigenvalue weighted by Gasteiger charge is -2.21. The van der Waals surface area contributed by atoms with Crippen LogP contribution >= 0.6 is 0 Å². The minimum atomic E-state index is -0.355. The zero-order valence-electron chi connectivity index (χ0n) is 10.9. The van der Waals surface area contributed by atoms with Crippen LogP contribution in [0.15, 0.2) is 12.1 Å². The Bertz CT molecular complexity index is 351. The summed E-state index contributed by atoms with van der Waals surface area (Å²) in [6.45, 7) is 6.60. The molecule has 4 nitrogen and oxygen atoms in total. The van der Waals surface area contributed by atoms with E-state index in [1.54, 1.807) is 0 Å². The second-order valence-corrected chi connectivity index (χ2v) is 4.42. The summed E-state index contributed by atoms with van der Waals surface area (Å²) >= 11 is 0. The molecule has 0 bridgehead atoms. The molecule has 4 N–H and O–H groups in total. The molecule has 0 radical (unpaired) electrons. The topological polar surface area (TPSA) is 71.2 Å². The molecule has 17 heavy (non-hydrogen) atoms.